The molecule has 2 atom stereocenters. The highest BCUT2D eigenvalue weighted by molar-refractivity contribution is 5.70. The predicted octanol–water partition coefficient (Wildman–Crippen LogP) is 5.13. The summed E-state index contributed by atoms with van der Waals surface area (Å²) in [4.78, 5) is 11.0. The van der Waals surface area contributed by atoms with Gasteiger partial charge in [-0.15, -0.1) is 0 Å². The highest BCUT2D eigenvalue weighted by Gasteiger charge is 2.20. The first-order chi connectivity index (χ1) is 10.1. The molecule has 0 bridgehead atoms. The molecule has 0 saturated heterocycles. The fourth-order valence-corrected chi connectivity index (χ4v) is 2.82. The minimum Gasteiger partial charge on any atom is -0.481 e. The lowest BCUT2D eigenvalue weighted by atomic mass is 9.94. The molecule has 126 valence electrons. The van der Waals surface area contributed by atoms with Crippen LogP contribution in [0.2, 0.25) is 0 Å². The van der Waals surface area contributed by atoms with Gasteiger partial charge in [-0.2, -0.15) is 0 Å². The number of hydrogen-bond acceptors (Lipinski definition) is 2. The zero-order valence-corrected chi connectivity index (χ0v) is 14.3. The lowest BCUT2D eigenvalue weighted by Gasteiger charge is -2.15. The Labute approximate surface area is 131 Å². The Morgan fingerprint density at radius 1 is 0.857 bits per heavy atom. The highest BCUT2D eigenvalue weighted by Crippen LogP contribution is 2.16. The molecule has 3 nitrogen and oxygen atoms in total. The quantitative estimate of drug-likeness (QED) is 0.412. The Bertz CT molecular complexity index is 241. The third-order valence-corrected chi connectivity index (χ3v) is 4.32. The molecule has 0 saturated carbocycles. The molecule has 0 aliphatic rings. The highest BCUT2D eigenvalue weighted by atomic mass is 16.4. The number of rotatable bonds is 15. The maximum atomic E-state index is 11.0. The van der Waals surface area contributed by atoms with E-state index >= 15 is 0 Å². The summed E-state index contributed by atoms with van der Waals surface area (Å²) in [5.74, 6) is -1.11. The molecule has 0 aromatic rings. The monoisotopic (exact) mass is 299 g/mol. The smallest absolute Gasteiger partial charge is 0.308 e. The molecular weight excluding hydrogens is 262 g/mol. The largest absolute Gasteiger partial charge is 0.481 e. The van der Waals surface area contributed by atoms with Crippen LogP contribution in [-0.4, -0.2) is 17.1 Å². The van der Waals surface area contributed by atoms with E-state index in [2.05, 4.69) is 6.92 Å². The van der Waals surface area contributed by atoms with E-state index in [0.717, 1.165) is 19.3 Å². The maximum Gasteiger partial charge on any atom is 0.308 e. The molecule has 0 aliphatic carbocycles. The van der Waals surface area contributed by atoms with E-state index in [-0.39, 0.29) is 12.0 Å². The zero-order chi connectivity index (χ0) is 15.9. The van der Waals surface area contributed by atoms with E-state index in [1.807, 2.05) is 0 Å². The number of carboxylic acid groups (broad SMARTS) is 1. The van der Waals surface area contributed by atoms with Gasteiger partial charge < -0.3 is 10.8 Å². The fourth-order valence-electron chi connectivity index (χ4n) is 2.82. The van der Waals surface area contributed by atoms with Gasteiger partial charge in [0.15, 0.2) is 0 Å². The first-order valence-electron chi connectivity index (χ1n) is 9.08. The minimum atomic E-state index is -0.743. The van der Waals surface area contributed by atoms with E-state index in [9.17, 15) is 4.79 Å². The fraction of sp³-hybridized carbons (Fsp3) is 0.944. The van der Waals surface area contributed by atoms with Gasteiger partial charge in [0.2, 0.25) is 0 Å². The van der Waals surface area contributed by atoms with Crippen LogP contribution in [0.1, 0.15) is 97.3 Å². The van der Waals surface area contributed by atoms with Gasteiger partial charge in [0, 0.05) is 6.04 Å². The number of hydrogen-bond donors (Lipinski definition) is 2. The molecule has 0 rings (SSSR count). The average Bonchev–Trinajstić information content (AvgIpc) is 2.43. The second-order valence-corrected chi connectivity index (χ2v) is 6.48. The summed E-state index contributed by atoms with van der Waals surface area (Å²) in [5.41, 5.74) is 5.70. The van der Waals surface area contributed by atoms with Crippen molar-refractivity contribution < 1.29 is 9.90 Å². The first kappa shape index (κ1) is 20.4. The molecule has 0 aromatic carbocycles. The number of carboxylic acids is 1. The van der Waals surface area contributed by atoms with Gasteiger partial charge in [-0.3, -0.25) is 4.79 Å². The molecule has 0 aromatic heterocycles. The summed E-state index contributed by atoms with van der Waals surface area (Å²) in [6.07, 6.45) is 16.4. The Morgan fingerprint density at radius 3 is 1.57 bits per heavy atom. The number of aliphatic carboxylic acids is 1. The van der Waals surface area contributed by atoms with Crippen molar-refractivity contribution >= 4 is 5.97 Å². The van der Waals surface area contributed by atoms with Gasteiger partial charge >= 0.3 is 5.97 Å². The molecule has 0 aliphatic heterocycles. The molecule has 3 heteroatoms. The summed E-state index contributed by atoms with van der Waals surface area (Å²) < 4.78 is 0. The number of carbonyl (C=O) groups is 1. The van der Waals surface area contributed by atoms with Crippen LogP contribution < -0.4 is 5.73 Å². The van der Waals surface area contributed by atoms with Crippen molar-refractivity contribution in [2.24, 2.45) is 11.7 Å². The molecule has 0 spiro atoms. The lowest BCUT2D eigenvalue weighted by molar-refractivity contribution is -0.142. The van der Waals surface area contributed by atoms with Gasteiger partial charge in [-0.05, 0) is 13.3 Å². The van der Waals surface area contributed by atoms with Gasteiger partial charge in [-0.25, -0.2) is 0 Å². The molecule has 0 heterocycles. The second-order valence-electron chi connectivity index (χ2n) is 6.48. The van der Waals surface area contributed by atoms with Crippen molar-refractivity contribution in [1.82, 2.24) is 0 Å². The van der Waals surface area contributed by atoms with Crippen LogP contribution >= 0.6 is 0 Å². The van der Waals surface area contributed by atoms with Crippen LogP contribution in [0.25, 0.3) is 0 Å². The average molecular weight is 299 g/mol. The van der Waals surface area contributed by atoms with Crippen molar-refractivity contribution in [3.8, 4) is 0 Å². The Morgan fingerprint density at radius 2 is 1.24 bits per heavy atom. The van der Waals surface area contributed by atoms with Crippen LogP contribution in [0, 0.1) is 5.92 Å². The summed E-state index contributed by atoms with van der Waals surface area (Å²) >= 11 is 0. The topological polar surface area (TPSA) is 63.3 Å². The zero-order valence-electron chi connectivity index (χ0n) is 14.3. The first-order valence-corrected chi connectivity index (χ1v) is 9.08. The van der Waals surface area contributed by atoms with Crippen molar-refractivity contribution in [3.05, 3.63) is 0 Å². The SMILES string of the molecule is CCCCCCCCCCCCCCC(C(=O)O)C(C)N. The number of unbranched alkanes of at least 4 members (excludes halogenated alkanes) is 11. The van der Waals surface area contributed by atoms with E-state index < -0.39 is 5.97 Å². The van der Waals surface area contributed by atoms with Crippen LogP contribution in [0.5, 0.6) is 0 Å². The van der Waals surface area contributed by atoms with E-state index in [0.29, 0.717) is 0 Å². The van der Waals surface area contributed by atoms with Gasteiger partial charge in [-0.1, -0.05) is 84.0 Å². The van der Waals surface area contributed by atoms with Gasteiger partial charge in [0.25, 0.3) is 0 Å². The van der Waals surface area contributed by atoms with Crippen molar-refractivity contribution in [2.45, 2.75) is 103 Å². The van der Waals surface area contributed by atoms with Crippen LogP contribution in [0.3, 0.4) is 0 Å². The van der Waals surface area contributed by atoms with Crippen LogP contribution in [0.4, 0.5) is 0 Å². The third kappa shape index (κ3) is 12.9. The van der Waals surface area contributed by atoms with E-state index in [1.165, 1.54) is 64.2 Å². The molecule has 0 fully saturated rings. The summed E-state index contributed by atoms with van der Waals surface area (Å²) in [6.45, 7) is 4.05. The lowest BCUT2D eigenvalue weighted by Crippen LogP contribution is -2.32. The van der Waals surface area contributed by atoms with Gasteiger partial charge in [0.1, 0.15) is 0 Å². The molecule has 3 N–H and O–H groups in total. The van der Waals surface area contributed by atoms with Crippen LogP contribution in [-0.2, 0) is 4.79 Å². The van der Waals surface area contributed by atoms with Crippen molar-refractivity contribution in [3.63, 3.8) is 0 Å². The van der Waals surface area contributed by atoms with E-state index in [4.69, 9.17) is 10.8 Å². The molecule has 0 radical (unpaired) electrons. The number of nitrogens with two attached hydrogens (primary N) is 1. The summed E-state index contributed by atoms with van der Waals surface area (Å²) in [6, 6.07) is -0.241. The van der Waals surface area contributed by atoms with E-state index in [1.54, 1.807) is 6.92 Å². The van der Waals surface area contributed by atoms with Gasteiger partial charge in [0.05, 0.1) is 5.92 Å². The Kier molecular flexibility index (Phi) is 14.0. The van der Waals surface area contributed by atoms with Crippen molar-refractivity contribution in [2.75, 3.05) is 0 Å². The third-order valence-electron chi connectivity index (χ3n) is 4.32. The normalized spacial score (nSPS) is 14.0. The second kappa shape index (κ2) is 14.4. The summed E-state index contributed by atoms with van der Waals surface area (Å²) in [5, 5.41) is 9.04. The maximum absolute atomic E-state index is 11.0. The molecule has 2 unspecified atom stereocenters. The molecular formula is C18H37NO2. The standard InChI is InChI=1S/C18H37NO2/c1-3-4-5-6-7-8-9-10-11-12-13-14-15-17(16(2)19)18(20)21/h16-17H,3-15,19H2,1-2H3,(H,20,21). The summed E-state index contributed by atoms with van der Waals surface area (Å²) in [7, 11) is 0. The van der Waals surface area contributed by atoms with Crippen LogP contribution in [0.15, 0.2) is 0 Å². The molecule has 21 heavy (non-hydrogen) atoms. The Hall–Kier alpha value is -0.570. The minimum absolute atomic E-state index is 0.241. The predicted molar refractivity (Wildman–Crippen MR) is 90.5 cm³/mol. The van der Waals surface area contributed by atoms with Crippen molar-refractivity contribution in [1.29, 1.82) is 0 Å². The Balaban J connectivity index is 3.27. The molecule has 0 amide bonds.